The molecular formula is C21H29NO2. The van der Waals surface area contributed by atoms with E-state index < -0.39 is 0 Å². The molecule has 0 saturated carbocycles. The predicted molar refractivity (Wildman–Crippen MR) is 96.8 cm³/mol. The number of carbonyl (C=O) groups excluding carboxylic acids is 1. The molecule has 1 aliphatic carbocycles. The number of hydrogen-bond donors (Lipinski definition) is 0. The molecule has 3 nitrogen and oxygen atoms in total. The van der Waals surface area contributed by atoms with Gasteiger partial charge in [0.1, 0.15) is 6.61 Å². The van der Waals surface area contributed by atoms with Crippen molar-refractivity contribution in [1.29, 1.82) is 0 Å². The largest absolute Gasteiger partial charge is 0.464 e. The quantitative estimate of drug-likeness (QED) is 0.584. The van der Waals surface area contributed by atoms with Gasteiger partial charge in [0, 0.05) is 12.6 Å². The molecule has 0 bridgehead atoms. The first-order chi connectivity index (χ1) is 11.7. The summed E-state index contributed by atoms with van der Waals surface area (Å²) in [6.07, 6.45) is 7.71. The van der Waals surface area contributed by atoms with E-state index in [0.717, 1.165) is 37.4 Å². The number of esters is 1. The minimum Gasteiger partial charge on any atom is -0.464 e. The Kier molecular flexibility index (Phi) is 5.72. The molecule has 1 heterocycles. The van der Waals surface area contributed by atoms with Crippen LogP contribution in [0.4, 0.5) is 0 Å². The lowest BCUT2D eigenvalue weighted by Gasteiger charge is -2.25. The van der Waals surface area contributed by atoms with Gasteiger partial charge in [-0.1, -0.05) is 49.4 Å². The molecule has 0 aromatic heterocycles. The Hall–Kier alpha value is -1.61. The number of hydrogen-bond acceptors (Lipinski definition) is 3. The van der Waals surface area contributed by atoms with E-state index in [4.69, 9.17) is 4.74 Å². The summed E-state index contributed by atoms with van der Waals surface area (Å²) in [5.41, 5.74) is 1.07. The Bertz CT molecular complexity index is 568. The molecule has 130 valence electrons. The molecule has 4 unspecified atom stereocenters. The van der Waals surface area contributed by atoms with Gasteiger partial charge in [0.25, 0.3) is 0 Å². The van der Waals surface area contributed by atoms with Crippen LogP contribution in [0.25, 0.3) is 0 Å². The summed E-state index contributed by atoms with van der Waals surface area (Å²) in [5.74, 6) is 0.768. The second-order valence-electron chi connectivity index (χ2n) is 7.27. The number of allylic oxidation sites excluding steroid dienone is 2. The first-order valence-electron chi connectivity index (χ1n) is 9.29. The van der Waals surface area contributed by atoms with Gasteiger partial charge in [-0.25, -0.2) is 0 Å². The third-order valence-corrected chi connectivity index (χ3v) is 5.78. The Morgan fingerprint density at radius 1 is 1.25 bits per heavy atom. The van der Waals surface area contributed by atoms with Gasteiger partial charge in [0.15, 0.2) is 0 Å². The molecule has 3 heteroatoms. The summed E-state index contributed by atoms with van der Waals surface area (Å²) < 4.78 is 5.70. The van der Waals surface area contributed by atoms with Crippen molar-refractivity contribution in [2.75, 3.05) is 19.7 Å². The van der Waals surface area contributed by atoms with Crippen molar-refractivity contribution in [3.05, 3.63) is 48.0 Å². The van der Waals surface area contributed by atoms with Crippen LogP contribution in [0.3, 0.4) is 0 Å². The maximum absolute atomic E-state index is 12.8. The van der Waals surface area contributed by atoms with Crippen LogP contribution in [0.15, 0.2) is 42.5 Å². The van der Waals surface area contributed by atoms with Crippen LogP contribution in [0.1, 0.15) is 44.6 Å². The molecule has 1 saturated heterocycles. The van der Waals surface area contributed by atoms with E-state index in [1.807, 2.05) is 30.3 Å². The highest BCUT2D eigenvalue weighted by Crippen LogP contribution is 2.34. The average molecular weight is 327 g/mol. The maximum atomic E-state index is 12.8. The zero-order valence-corrected chi connectivity index (χ0v) is 14.9. The average Bonchev–Trinajstić information content (AvgIpc) is 3.22. The van der Waals surface area contributed by atoms with Crippen molar-refractivity contribution in [2.24, 2.45) is 11.8 Å². The predicted octanol–water partition coefficient (Wildman–Crippen LogP) is 4.01. The summed E-state index contributed by atoms with van der Waals surface area (Å²) in [6, 6.07) is 10.7. The molecule has 0 amide bonds. The van der Waals surface area contributed by atoms with Crippen LogP contribution in [0.2, 0.25) is 0 Å². The molecule has 1 aromatic rings. The zero-order valence-electron chi connectivity index (χ0n) is 14.9. The fourth-order valence-corrected chi connectivity index (χ4v) is 4.00. The second kappa shape index (κ2) is 7.98. The first-order valence-corrected chi connectivity index (χ1v) is 9.29. The van der Waals surface area contributed by atoms with E-state index in [0.29, 0.717) is 12.6 Å². The molecule has 3 rings (SSSR count). The van der Waals surface area contributed by atoms with Crippen molar-refractivity contribution in [1.82, 2.24) is 4.90 Å². The lowest BCUT2D eigenvalue weighted by Crippen LogP contribution is -2.33. The van der Waals surface area contributed by atoms with Gasteiger partial charge in [0.05, 0.1) is 5.92 Å². The highest BCUT2D eigenvalue weighted by Gasteiger charge is 2.31. The lowest BCUT2D eigenvalue weighted by atomic mass is 9.85. The monoisotopic (exact) mass is 327 g/mol. The lowest BCUT2D eigenvalue weighted by molar-refractivity contribution is -0.147. The molecule has 0 N–H and O–H groups in total. The molecule has 2 aliphatic rings. The number of benzene rings is 1. The smallest absolute Gasteiger partial charge is 0.314 e. The van der Waals surface area contributed by atoms with Gasteiger partial charge < -0.3 is 4.74 Å². The summed E-state index contributed by atoms with van der Waals surface area (Å²) in [6.45, 7) is 7.03. The highest BCUT2D eigenvalue weighted by molar-refractivity contribution is 5.79. The van der Waals surface area contributed by atoms with Crippen LogP contribution in [0.5, 0.6) is 0 Å². The van der Waals surface area contributed by atoms with E-state index in [1.165, 1.54) is 6.42 Å². The number of rotatable bonds is 6. The van der Waals surface area contributed by atoms with E-state index in [-0.39, 0.29) is 17.8 Å². The van der Waals surface area contributed by atoms with Gasteiger partial charge in [-0.05, 0) is 50.1 Å². The Labute approximate surface area is 145 Å². The molecule has 1 aliphatic heterocycles. The van der Waals surface area contributed by atoms with Gasteiger partial charge >= 0.3 is 5.97 Å². The zero-order chi connectivity index (χ0) is 16.9. The molecule has 4 atom stereocenters. The van der Waals surface area contributed by atoms with Gasteiger partial charge in [-0.2, -0.15) is 0 Å². The normalized spacial score (nSPS) is 28.2. The van der Waals surface area contributed by atoms with E-state index in [1.54, 1.807) is 0 Å². The Morgan fingerprint density at radius 3 is 2.67 bits per heavy atom. The molecule has 24 heavy (non-hydrogen) atoms. The van der Waals surface area contributed by atoms with Gasteiger partial charge in [-0.15, -0.1) is 0 Å². The Morgan fingerprint density at radius 2 is 2.04 bits per heavy atom. The summed E-state index contributed by atoms with van der Waals surface area (Å²) in [7, 11) is 0. The van der Waals surface area contributed by atoms with Crippen molar-refractivity contribution < 1.29 is 9.53 Å². The van der Waals surface area contributed by atoms with Crippen LogP contribution >= 0.6 is 0 Å². The van der Waals surface area contributed by atoms with Crippen molar-refractivity contribution in [3.8, 4) is 0 Å². The first kappa shape index (κ1) is 17.2. The number of ether oxygens (including phenoxy) is 1. The molecule has 1 aromatic carbocycles. The van der Waals surface area contributed by atoms with Crippen LogP contribution in [-0.4, -0.2) is 36.6 Å². The summed E-state index contributed by atoms with van der Waals surface area (Å²) in [4.78, 5) is 15.2. The number of likely N-dealkylation sites (tertiary alicyclic amines) is 1. The van der Waals surface area contributed by atoms with Gasteiger partial charge in [0.2, 0.25) is 0 Å². The topological polar surface area (TPSA) is 29.5 Å². The standard InChI is InChI=1S/C21H29NO2/c1-16-12-13-22(17(16)2)14-15-24-21(23)20(19-10-6-7-11-19)18-8-4-3-5-9-18/h3-6,8-10,16-17,19-20H,7,11-15H2,1-2H3. The van der Waals surface area contributed by atoms with Crippen LogP contribution in [0, 0.1) is 11.8 Å². The maximum Gasteiger partial charge on any atom is 0.314 e. The molecular weight excluding hydrogens is 298 g/mol. The van der Waals surface area contributed by atoms with Crippen LogP contribution in [-0.2, 0) is 9.53 Å². The fraction of sp³-hybridized carbons (Fsp3) is 0.571. The van der Waals surface area contributed by atoms with Crippen molar-refractivity contribution in [2.45, 2.75) is 45.1 Å². The van der Waals surface area contributed by atoms with Gasteiger partial charge in [-0.3, -0.25) is 9.69 Å². The number of carbonyl (C=O) groups is 1. The van der Waals surface area contributed by atoms with E-state index in [9.17, 15) is 4.79 Å². The molecule has 0 radical (unpaired) electrons. The number of nitrogens with zero attached hydrogens (tertiary/aromatic N) is 1. The van der Waals surface area contributed by atoms with Crippen molar-refractivity contribution in [3.63, 3.8) is 0 Å². The SMILES string of the molecule is CC1CCN(CCOC(=O)C(c2ccccc2)C2C=CCC2)C1C. The van der Waals surface area contributed by atoms with Crippen LogP contribution < -0.4 is 0 Å². The third kappa shape index (κ3) is 3.89. The highest BCUT2D eigenvalue weighted by atomic mass is 16.5. The third-order valence-electron chi connectivity index (χ3n) is 5.78. The summed E-state index contributed by atoms with van der Waals surface area (Å²) >= 11 is 0. The second-order valence-corrected chi connectivity index (χ2v) is 7.27. The van der Waals surface area contributed by atoms with Crippen molar-refractivity contribution >= 4 is 5.97 Å². The Balaban J connectivity index is 1.59. The minimum atomic E-state index is -0.167. The van der Waals surface area contributed by atoms with E-state index >= 15 is 0 Å². The molecule has 0 spiro atoms. The summed E-state index contributed by atoms with van der Waals surface area (Å²) in [5, 5.41) is 0. The van der Waals surface area contributed by atoms with E-state index in [2.05, 4.69) is 30.9 Å². The molecule has 1 fully saturated rings. The minimum absolute atomic E-state index is 0.0716. The fourth-order valence-electron chi connectivity index (χ4n) is 4.00.